The van der Waals surface area contributed by atoms with Gasteiger partial charge in [0.2, 0.25) is 5.75 Å². The van der Waals surface area contributed by atoms with Crippen LogP contribution < -0.4 is 24.8 Å². The van der Waals surface area contributed by atoms with Crippen LogP contribution in [0.5, 0.6) is 17.2 Å². The van der Waals surface area contributed by atoms with E-state index < -0.39 is 0 Å². The molecular formula is C17H23N3O5. The van der Waals surface area contributed by atoms with Gasteiger partial charge >= 0.3 is 6.03 Å². The van der Waals surface area contributed by atoms with Gasteiger partial charge in [-0.15, -0.1) is 0 Å². The van der Waals surface area contributed by atoms with Crippen LogP contribution >= 0.6 is 0 Å². The first-order chi connectivity index (χ1) is 12.2. The van der Waals surface area contributed by atoms with Crippen molar-refractivity contribution in [3.63, 3.8) is 0 Å². The lowest BCUT2D eigenvalue weighted by atomic mass is 10.1. The Morgan fingerprint density at radius 3 is 2.60 bits per heavy atom. The van der Waals surface area contributed by atoms with Crippen LogP contribution in [-0.2, 0) is 0 Å². The maximum absolute atomic E-state index is 11.9. The molecule has 2 amide bonds. The smallest absolute Gasteiger partial charge is 0.319 e. The minimum atomic E-state index is -0.379. The van der Waals surface area contributed by atoms with Crippen molar-refractivity contribution < 1.29 is 23.4 Å². The number of carbonyl (C=O) groups excluding carboxylic acids is 1. The van der Waals surface area contributed by atoms with Gasteiger partial charge in [0.1, 0.15) is 12.3 Å². The summed E-state index contributed by atoms with van der Waals surface area (Å²) in [6.07, 6.45) is 2.77. The summed E-state index contributed by atoms with van der Waals surface area (Å²) in [7, 11) is 4.61. The predicted octanol–water partition coefficient (Wildman–Crippen LogP) is 2.29. The summed E-state index contributed by atoms with van der Waals surface area (Å²) in [4.78, 5) is 14.2. The Hall–Kier alpha value is -2.61. The molecule has 8 heteroatoms. The first-order valence-corrected chi connectivity index (χ1v) is 8.18. The highest BCUT2D eigenvalue weighted by Gasteiger charge is 2.26. The number of methoxy groups -OCH3 is 2. The molecule has 1 fully saturated rings. The van der Waals surface area contributed by atoms with E-state index in [1.54, 1.807) is 19.4 Å². The van der Waals surface area contributed by atoms with Gasteiger partial charge in [-0.25, -0.2) is 4.79 Å². The molecule has 8 nitrogen and oxygen atoms in total. The van der Waals surface area contributed by atoms with Crippen molar-refractivity contribution in [2.75, 3.05) is 52.8 Å². The van der Waals surface area contributed by atoms with Gasteiger partial charge in [0.15, 0.2) is 17.1 Å². The van der Waals surface area contributed by atoms with Gasteiger partial charge in [-0.2, -0.15) is 0 Å². The molecule has 0 atom stereocenters. The Bertz CT molecular complexity index is 754. The number of carbonyl (C=O) groups is 1. The van der Waals surface area contributed by atoms with Crippen molar-refractivity contribution in [3.05, 3.63) is 12.3 Å². The second-order valence-electron chi connectivity index (χ2n) is 5.68. The van der Waals surface area contributed by atoms with E-state index >= 15 is 0 Å². The number of furan rings is 1. The monoisotopic (exact) mass is 349 g/mol. The van der Waals surface area contributed by atoms with E-state index in [1.165, 1.54) is 20.6 Å². The highest BCUT2D eigenvalue weighted by atomic mass is 16.5. The number of rotatable bonds is 7. The van der Waals surface area contributed by atoms with Crippen molar-refractivity contribution in [3.8, 4) is 17.2 Å². The van der Waals surface area contributed by atoms with Gasteiger partial charge in [-0.1, -0.05) is 0 Å². The molecule has 25 heavy (non-hydrogen) atoms. The van der Waals surface area contributed by atoms with Crippen molar-refractivity contribution >= 4 is 22.7 Å². The van der Waals surface area contributed by atoms with Crippen LogP contribution in [0.2, 0.25) is 0 Å². The minimum Gasteiger partial charge on any atom is -0.494 e. The molecule has 0 saturated carbocycles. The standard InChI is InChI=1S/C17H23N3O5/c1-18-17(21)19-12-13(22-2)11-5-9-24-14(11)16(23-3)15(12)25-10-8-20-6-4-7-20/h5,9H,4,6-8,10H2,1-3H3,(H2,18,19,21). The van der Waals surface area contributed by atoms with E-state index in [0.29, 0.717) is 40.5 Å². The number of hydrogen-bond donors (Lipinski definition) is 2. The van der Waals surface area contributed by atoms with Gasteiger partial charge in [0.05, 0.1) is 25.9 Å². The average Bonchev–Trinajstić information content (AvgIpc) is 3.05. The Morgan fingerprint density at radius 1 is 1.24 bits per heavy atom. The number of fused-ring (bicyclic) bond motifs is 1. The molecule has 2 heterocycles. The average molecular weight is 349 g/mol. The lowest BCUT2D eigenvalue weighted by Crippen LogP contribution is -2.39. The van der Waals surface area contributed by atoms with E-state index in [2.05, 4.69) is 15.5 Å². The number of nitrogens with zero attached hydrogens (tertiary/aromatic N) is 1. The van der Waals surface area contributed by atoms with Gasteiger partial charge < -0.3 is 29.3 Å². The van der Waals surface area contributed by atoms with Gasteiger partial charge in [0.25, 0.3) is 0 Å². The third kappa shape index (κ3) is 3.30. The van der Waals surface area contributed by atoms with Gasteiger partial charge in [-0.05, 0) is 25.6 Å². The number of urea groups is 1. The summed E-state index contributed by atoms with van der Waals surface area (Å²) in [5.74, 6) is 1.29. The Morgan fingerprint density at radius 2 is 2.00 bits per heavy atom. The van der Waals surface area contributed by atoms with E-state index in [4.69, 9.17) is 18.6 Å². The third-order valence-electron chi connectivity index (χ3n) is 4.25. The summed E-state index contributed by atoms with van der Waals surface area (Å²) in [5, 5.41) is 5.99. The molecule has 2 N–H and O–H groups in total. The van der Waals surface area contributed by atoms with Crippen LogP contribution in [0.3, 0.4) is 0 Å². The molecule has 0 radical (unpaired) electrons. The number of likely N-dealkylation sites (tertiary alicyclic amines) is 1. The molecule has 1 aromatic carbocycles. The van der Waals surface area contributed by atoms with E-state index in [9.17, 15) is 4.79 Å². The van der Waals surface area contributed by atoms with Crippen LogP contribution in [0.25, 0.3) is 11.0 Å². The van der Waals surface area contributed by atoms with E-state index in [1.807, 2.05) is 0 Å². The predicted molar refractivity (Wildman–Crippen MR) is 93.9 cm³/mol. The maximum atomic E-state index is 11.9. The molecular weight excluding hydrogens is 326 g/mol. The summed E-state index contributed by atoms with van der Waals surface area (Å²) in [5.41, 5.74) is 0.928. The fourth-order valence-electron chi connectivity index (χ4n) is 2.83. The first-order valence-electron chi connectivity index (χ1n) is 8.18. The van der Waals surface area contributed by atoms with Crippen LogP contribution in [0.4, 0.5) is 10.5 Å². The van der Waals surface area contributed by atoms with E-state index in [-0.39, 0.29) is 6.03 Å². The molecule has 1 aromatic heterocycles. The number of ether oxygens (including phenoxy) is 3. The SMILES string of the molecule is CNC(=O)Nc1c(OCCN2CCC2)c(OC)c2occc2c1OC. The zero-order valence-electron chi connectivity index (χ0n) is 14.7. The Labute approximate surface area is 146 Å². The number of nitrogens with one attached hydrogen (secondary N) is 2. The largest absolute Gasteiger partial charge is 0.494 e. The summed E-state index contributed by atoms with van der Waals surface area (Å²) >= 11 is 0. The number of hydrogen-bond acceptors (Lipinski definition) is 6. The minimum absolute atomic E-state index is 0.379. The normalized spacial score (nSPS) is 14.0. The molecule has 1 aliphatic rings. The highest BCUT2D eigenvalue weighted by Crippen LogP contribution is 2.49. The maximum Gasteiger partial charge on any atom is 0.319 e. The third-order valence-corrected chi connectivity index (χ3v) is 4.25. The van der Waals surface area contributed by atoms with Gasteiger partial charge in [0, 0.05) is 13.6 Å². The fraction of sp³-hybridized carbons (Fsp3) is 0.471. The summed E-state index contributed by atoms with van der Waals surface area (Å²) < 4.78 is 22.6. The lowest BCUT2D eigenvalue weighted by Gasteiger charge is -2.30. The number of anilines is 1. The molecule has 136 valence electrons. The van der Waals surface area contributed by atoms with Crippen LogP contribution in [0.15, 0.2) is 16.7 Å². The second kappa shape index (κ2) is 7.52. The van der Waals surface area contributed by atoms with Crippen LogP contribution in [-0.4, -0.2) is 58.4 Å². The van der Waals surface area contributed by atoms with Crippen LogP contribution in [0, 0.1) is 0 Å². The van der Waals surface area contributed by atoms with Crippen LogP contribution in [0.1, 0.15) is 6.42 Å². The topological polar surface area (TPSA) is 85.2 Å². The van der Waals surface area contributed by atoms with Crippen molar-refractivity contribution in [1.82, 2.24) is 10.2 Å². The molecule has 0 aliphatic carbocycles. The molecule has 3 rings (SSSR count). The second-order valence-corrected chi connectivity index (χ2v) is 5.68. The zero-order chi connectivity index (χ0) is 17.8. The number of benzene rings is 1. The number of amides is 2. The first kappa shape index (κ1) is 17.2. The van der Waals surface area contributed by atoms with E-state index in [0.717, 1.165) is 19.6 Å². The summed E-state index contributed by atoms with van der Waals surface area (Å²) in [6, 6.07) is 1.38. The molecule has 2 aromatic rings. The van der Waals surface area contributed by atoms with Gasteiger partial charge in [-0.3, -0.25) is 4.90 Å². The van der Waals surface area contributed by atoms with Crippen molar-refractivity contribution in [2.24, 2.45) is 0 Å². The van der Waals surface area contributed by atoms with Crippen molar-refractivity contribution in [2.45, 2.75) is 6.42 Å². The Kier molecular flexibility index (Phi) is 5.18. The molecule has 0 bridgehead atoms. The molecule has 1 aliphatic heterocycles. The molecule has 0 unspecified atom stereocenters. The Balaban J connectivity index is 2.01. The van der Waals surface area contributed by atoms with Crippen molar-refractivity contribution in [1.29, 1.82) is 0 Å². The highest BCUT2D eigenvalue weighted by molar-refractivity contribution is 6.03. The zero-order valence-corrected chi connectivity index (χ0v) is 14.7. The fourth-order valence-corrected chi connectivity index (χ4v) is 2.83. The molecule has 1 saturated heterocycles. The molecule has 0 spiro atoms. The summed E-state index contributed by atoms with van der Waals surface area (Å²) in [6.45, 7) is 3.45. The lowest BCUT2D eigenvalue weighted by molar-refractivity contribution is 0.145. The quantitative estimate of drug-likeness (QED) is 0.798.